The van der Waals surface area contributed by atoms with E-state index in [1.807, 2.05) is 25.1 Å². The summed E-state index contributed by atoms with van der Waals surface area (Å²) in [6, 6.07) is 5.93. The van der Waals surface area contributed by atoms with E-state index in [0.717, 1.165) is 11.3 Å². The van der Waals surface area contributed by atoms with E-state index in [1.165, 1.54) is 12.0 Å². The summed E-state index contributed by atoms with van der Waals surface area (Å²) in [7, 11) is 0. The summed E-state index contributed by atoms with van der Waals surface area (Å²) < 4.78 is 0. The summed E-state index contributed by atoms with van der Waals surface area (Å²) in [5, 5.41) is 0. The van der Waals surface area contributed by atoms with E-state index >= 15 is 0 Å². The minimum absolute atomic E-state index is 0.903. The van der Waals surface area contributed by atoms with E-state index in [1.54, 1.807) is 6.08 Å². The quantitative estimate of drug-likeness (QED) is 0.612. The minimum atomic E-state index is 0.903. The maximum atomic E-state index is 3.88. The molecule has 0 heterocycles. The van der Waals surface area contributed by atoms with Crippen molar-refractivity contribution in [2.75, 3.05) is 0 Å². The Morgan fingerprint density at radius 3 is 2.29 bits per heavy atom. The molecule has 0 saturated heterocycles. The van der Waals surface area contributed by atoms with Gasteiger partial charge in [0.1, 0.15) is 0 Å². The van der Waals surface area contributed by atoms with Crippen LogP contribution in [0, 0.1) is 6.92 Å². The topological polar surface area (TPSA) is 12.4 Å². The minimum Gasteiger partial charge on any atom is -0.264 e. The summed E-state index contributed by atoms with van der Waals surface area (Å²) >= 11 is 0. The molecule has 0 atom stereocenters. The van der Waals surface area contributed by atoms with Gasteiger partial charge in [0.2, 0.25) is 0 Å². The third-order valence-electron chi connectivity index (χ3n) is 1.68. The molecule has 1 heteroatoms. The number of nitrogens with zero attached hydrogens (tertiary/aromatic N) is 1. The Bertz CT molecular complexity index is 300. The normalized spacial score (nSPS) is 8.50. The lowest BCUT2D eigenvalue weighted by Crippen LogP contribution is -1.79. The highest BCUT2D eigenvalue weighted by atomic mass is 14.7. The van der Waals surface area contributed by atoms with E-state index in [4.69, 9.17) is 0 Å². The largest absolute Gasteiger partial charge is 0.264 e. The van der Waals surface area contributed by atoms with Crippen molar-refractivity contribution in [3.8, 4) is 0 Å². The zero-order valence-corrected chi connectivity index (χ0v) is 9.38. The molecule has 1 rings (SSSR count). The second-order valence-corrected chi connectivity index (χ2v) is 3.08. The van der Waals surface area contributed by atoms with Gasteiger partial charge >= 0.3 is 0 Å². The highest BCUT2D eigenvalue weighted by Gasteiger charge is 1.97. The summed E-state index contributed by atoms with van der Waals surface area (Å²) in [5.41, 5.74) is 3.16. The molecule has 14 heavy (non-hydrogen) atoms. The van der Waals surface area contributed by atoms with Gasteiger partial charge < -0.3 is 0 Å². The molecule has 0 radical (unpaired) electrons. The number of aryl methyl sites for hydroxylation is 1. The Morgan fingerprint density at radius 1 is 1.36 bits per heavy atom. The van der Waals surface area contributed by atoms with E-state index in [-0.39, 0.29) is 0 Å². The van der Waals surface area contributed by atoms with Crippen LogP contribution in [0.2, 0.25) is 0 Å². The number of rotatable bonds is 2. The summed E-state index contributed by atoms with van der Waals surface area (Å²) in [6.07, 6.45) is 3.05. The number of hydrogen-bond donors (Lipinski definition) is 0. The Kier molecular flexibility index (Phi) is 6.38. The molecule has 0 aliphatic rings. The zero-order valence-electron chi connectivity index (χ0n) is 9.38. The van der Waals surface area contributed by atoms with Crippen molar-refractivity contribution in [1.82, 2.24) is 0 Å². The average Bonchev–Trinajstić information content (AvgIpc) is 2.18. The van der Waals surface area contributed by atoms with E-state index in [9.17, 15) is 0 Å². The molecule has 0 bridgehead atoms. The van der Waals surface area contributed by atoms with Crippen LogP contribution in [-0.2, 0) is 0 Å². The van der Waals surface area contributed by atoms with Gasteiger partial charge in [-0.15, -0.1) is 0 Å². The Hall–Kier alpha value is -1.37. The zero-order chi connectivity index (χ0) is 11.0. The maximum Gasteiger partial charge on any atom is 0.0697 e. The Morgan fingerprint density at radius 2 is 1.93 bits per heavy atom. The molecule has 0 amide bonds. The third-order valence-corrected chi connectivity index (χ3v) is 1.68. The maximum absolute atomic E-state index is 3.88. The van der Waals surface area contributed by atoms with Crippen LogP contribution in [0.25, 0.3) is 6.08 Å². The molecule has 0 fully saturated rings. The van der Waals surface area contributed by atoms with Crippen molar-refractivity contribution in [2.45, 2.75) is 27.2 Å². The van der Waals surface area contributed by atoms with Gasteiger partial charge in [0, 0.05) is 5.56 Å². The molecule has 1 nitrogen and oxygen atoms in total. The smallest absolute Gasteiger partial charge is 0.0697 e. The lowest BCUT2D eigenvalue weighted by molar-refractivity contribution is 1.09. The van der Waals surface area contributed by atoms with Gasteiger partial charge in [-0.2, -0.15) is 0 Å². The van der Waals surface area contributed by atoms with Gasteiger partial charge in [-0.25, -0.2) is 0 Å². The SMILES string of the molecule is C=Cc1c(C)cccc1N=C.CCC. The number of benzene rings is 1. The molecule has 1 aromatic rings. The van der Waals surface area contributed by atoms with Crippen molar-refractivity contribution < 1.29 is 0 Å². The molecule has 0 aromatic heterocycles. The van der Waals surface area contributed by atoms with Crippen molar-refractivity contribution in [2.24, 2.45) is 4.99 Å². The van der Waals surface area contributed by atoms with Crippen LogP contribution in [-0.4, -0.2) is 6.72 Å². The van der Waals surface area contributed by atoms with Gasteiger partial charge in [-0.3, -0.25) is 4.99 Å². The lowest BCUT2D eigenvalue weighted by atomic mass is 10.1. The first-order chi connectivity index (χ1) is 6.71. The Labute approximate surface area is 87.2 Å². The van der Waals surface area contributed by atoms with E-state index in [0.29, 0.717) is 0 Å². The molecule has 76 valence electrons. The van der Waals surface area contributed by atoms with Crippen LogP contribution in [0.1, 0.15) is 31.4 Å². The van der Waals surface area contributed by atoms with Gasteiger partial charge in [-0.05, 0) is 25.3 Å². The van der Waals surface area contributed by atoms with Crippen molar-refractivity contribution in [3.05, 3.63) is 35.9 Å². The number of aliphatic imine (C=N–C) groups is 1. The summed E-state index contributed by atoms with van der Waals surface area (Å²) in [6.45, 7) is 13.5. The molecule has 1 aromatic carbocycles. The van der Waals surface area contributed by atoms with Crippen LogP contribution in [0.15, 0.2) is 29.8 Å². The fourth-order valence-electron chi connectivity index (χ4n) is 1.07. The first-order valence-corrected chi connectivity index (χ1v) is 4.89. The molecule has 0 N–H and O–H groups in total. The molecular formula is C13H19N. The Balaban J connectivity index is 0.000000500. The van der Waals surface area contributed by atoms with E-state index in [2.05, 4.69) is 32.1 Å². The fraction of sp³-hybridized carbons (Fsp3) is 0.308. The van der Waals surface area contributed by atoms with Crippen LogP contribution < -0.4 is 0 Å². The highest BCUT2D eigenvalue weighted by Crippen LogP contribution is 2.22. The van der Waals surface area contributed by atoms with Crippen LogP contribution in [0.3, 0.4) is 0 Å². The van der Waals surface area contributed by atoms with Crippen molar-refractivity contribution in [3.63, 3.8) is 0 Å². The predicted molar refractivity (Wildman–Crippen MR) is 66.4 cm³/mol. The second kappa shape index (κ2) is 7.07. The molecular weight excluding hydrogens is 170 g/mol. The van der Waals surface area contributed by atoms with Crippen molar-refractivity contribution >= 4 is 18.5 Å². The van der Waals surface area contributed by atoms with Crippen LogP contribution >= 0.6 is 0 Å². The first kappa shape index (κ1) is 12.6. The predicted octanol–water partition coefficient (Wildman–Crippen LogP) is 4.39. The first-order valence-electron chi connectivity index (χ1n) is 4.89. The molecule has 0 aliphatic heterocycles. The molecule has 0 spiro atoms. The standard InChI is InChI=1S/C10H11N.C3H8/c1-4-9-8(2)6-5-7-10(9)11-3;1-3-2/h4-7H,1,3H2,2H3;3H2,1-2H3. The van der Waals surface area contributed by atoms with Crippen molar-refractivity contribution in [1.29, 1.82) is 0 Å². The monoisotopic (exact) mass is 189 g/mol. The summed E-state index contributed by atoms with van der Waals surface area (Å²) in [5.74, 6) is 0. The van der Waals surface area contributed by atoms with Gasteiger partial charge in [0.15, 0.2) is 0 Å². The lowest BCUT2D eigenvalue weighted by Gasteiger charge is -2.02. The molecule has 0 unspecified atom stereocenters. The fourth-order valence-corrected chi connectivity index (χ4v) is 1.07. The van der Waals surface area contributed by atoms with Gasteiger partial charge in [0.25, 0.3) is 0 Å². The average molecular weight is 189 g/mol. The molecule has 0 saturated carbocycles. The molecule has 0 aliphatic carbocycles. The van der Waals surface area contributed by atoms with Gasteiger partial charge in [0.05, 0.1) is 5.69 Å². The highest BCUT2D eigenvalue weighted by molar-refractivity contribution is 5.67. The third kappa shape index (κ3) is 3.56. The van der Waals surface area contributed by atoms with Gasteiger partial charge in [-0.1, -0.05) is 45.1 Å². The summed E-state index contributed by atoms with van der Waals surface area (Å²) in [4.78, 5) is 3.88. The van der Waals surface area contributed by atoms with E-state index < -0.39 is 0 Å². The van der Waals surface area contributed by atoms with Crippen LogP contribution in [0.4, 0.5) is 5.69 Å². The number of hydrogen-bond acceptors (Lipinski definition) is 1. The van der Waals surface area contributed by atoms with Crippen LogP contribution in [0.5, 0.6) is 0 Å². The second-order valence-electron chi connectivity index (χ2n) is 3.08.